The molecule has 0 unspecified atom stereocenters. The fraction of sp³-hybridized carbons (Fsp3) is 0.286. The standard InChI is InChI=1S/C14H16ClN7/c1-21(2)12(10-5-3-4-6-11(10)15)9-16-13-7-8-14-17-19-20-22(14)18-13/h3-8,12H,9H2,1-2H3,(H,16,18)/t12-/m1/s1. The van der Waals surface area contributed by atoms with Gasteiger partial charge in [0.25, 0.3) is 0 Å². The summed E-state index contributed by atoms with van der Waals surface area (Å²) in [7, 11) is 4.04. The molecule has 0 amide bonds. The predicted molar refractivity (Wildman–Crippen MR) is 84.9 cm³/mol. The maximum Gasteiger partial charge on any atom is 0.200 e. The van der Waals surface area contributed by atoms with Gasteiger partial charge in [-0.1, -0.05) is 29.8 Å². The lowest BCUT2D eigenvalue weighted by molar-refractivity contribution is 0.311. The van der Waals surface area contributed by atoms with Gasteiger partial charge in [-0.3, -0.25) is 0 Å². The molecule has 0 fully saturated rings. The predicted octanol–water partition coefficient (Wildman–Crippen LogP) is 1.89. The van der Waals surface area contributed by atoms with Crippen LogP contribution in [0.25, 0.3) is 5.65 Å². The Kier molecular flexibility index (Phi) is 4.17. The molecule has 1 aromatic carbocycles. The molecule has 0 saturated heterocycles. The normalized spacial score (nSPS) is 12.7. The van der Waals surface area contributed by atoms with E-state index < -0.39 is 0 Å². The number of likely N-dealkylation sites (N-methyl/N-ethyl adjacent to an activating group) is 1. The van der Waals surface area contributed by atoms with Gasteiger partial charge in [0, 0.05) is 11.6 Å². The Morgan fingerprint density at radius 1 is 1.23 bits per heavy atom. The molecule has 0 aliphatic heterocycles. The lowest BCUT2D eigenvalue weighted by Gasteiger charge is -2.26. The number of hydrogen-bond donors (Lipinski definition) is 1. The summed E-state index contributed by atoms with van der Waals surface area (Å²) in [5, 5.41) is 19.6. The summed E-state index contributed by atoms with van der Waals surface area (Å²) in [6.45, 7) is 0.664. The topological polar surface area (TPSA) is 71.2 Å². The van der Waals surface area contributed by atoms with Crippen LogP contribution in [0.4, 0.5) is 5.82 Å². The molecular formula is C14H16ClN7. The Bertz CT molecular complexity index is 770. The van der Waals surface area contributed by atoms with Crippen LogP contribution in [-0.2, 0) is 0 Å². The van der Waals surface area contributed by atoms with Crippen molar-refractivity contribution >= 4 is 23.1 Å². The van der Waals surface area contributed by atoms with Crippen LogP contribution < -0.4 is 5.32 Å². The summed E-state index contributed by atoms with van der Waals surface area (Å²) in [6.07, 6.45) is 0. The summed E-state index contributed by atoms with van der Waals surface area (Å²) in [5.74, 6) is 0.707. The average Bonchev–Trinajstić information content (AvgIpc) is 2.96. The van der Waals surface area contributed by atoms with Gasteiger partial charge in [0.1, 0.15) is 5.82 Å². The minimum absolute atomic E-state index is 0.125. The van der Waals surface area contributed by atoms with E-state index in [9.17, 15) is 0 Å². The first-order valence-corrected chi connectivity index (χ1v) is 7.23. The Balaban J connectivity index is 1.78. The molecule has 114 valence electrons. The van der Waals surface area contributed by atoms with Gasteiger partial charge in [0.05, 0.1) is 6.04 Å². The number of anilines is 1. The monoisotopic (exact) mass is 317 g/mol. The average molecular weight is 318 g/mol. The van der Waals surface area contributed by atoms with Crippen LogP contribution in [0.15, 0.2) is 36.4 Å². The fourth-order valence-electron chi connectivity index (χ4n) is 2.26. The zero-order chi connectivity index (χ0) is 15.5. The van der Waals surface area contributed by atoms with Gasteiger partial charge in [0.15, 0.2) is 5.65 Å². The van der Waals surface area contributed by atoms with Crippen molar-refractivity contribution in [3.05, 3.63) is 47.0 Å². The fourth-order valence-corrected chi connectivity index (χ4v) is 2.52. The second-order valence-electron chi connectivity index (χ2n) is 5.13. The molecule has 0 spiro atoms. The van der Waals surface area contributed by atoms with Crippen molar-refractivity contribution in [2.45, 2.75) is 6.04 Å². The summed E-state index contributed by atoms with van der Waals surface area (Å²) in [5.41, 5.74) is 1.69. The summed E-state index contributed by atoms with van der Waals surface area (Å²) < 4.78 is 1.39. The van der Waals surface area contributed by atoms with Gasteiger partial charge in [-0.2, -0.15) is 0 Å². The van der Waals surface area contributed by atoms with Crippen LogP contribution in [0, 0.1) is 0 Å². The van der Waals surface area contributed by atoms with Gasteiger partial charge in [-0.25, -0.2) is 0 Å². The van der Waals surface area contributed by atoms with Crippen molar-refractivity contribution in [1.29, 1.82) is 0 Å². The Morgan fingerprint density at radius 3 is 2.82 bits per heavy atom. The van der Waals surface area contributed by atoms with E-state index in [1.165, 1.54) is 4.63 Å². The first kappa shape index (κ1) is 14.7. The minimum atomic E-state index is 0.125. The number of rotatable bonds is 5. The number of benzene rings is 1. The van der Waals surface area contributed by atoms with Gasteiger partial charge in [0.2, 0.25) is 0 Å². The van der Waals surface area contributed by atoms with E-state index >= 15 is 0 Å². The van der Waals surface area contributed by atoms with Crippen LogP contribution in [0.5, 0.6) is 0 Å². The molecule has 1 N–H and O–H groups in total. The molecule has 7 nitrogen and oxygen atoms in total. The molecule has 0 bridgehead atoms. The third kappa shape index (κ3) is 3.00. The molecule has 0 aliphatic carbocycles. The van der Waals surface area contributed by atoms with Crippen LogP contribution in [0.2, 0.25) is 5.02 Å². The number of nitrogens with one attached hydrogen (secondary N) is 1. The molecule has 3 aromatic rings. The zero-order valence-electron chi connectivity index (χ0n) is 12.3. The highest BCUT2D eigenvalue weighted by molar-refractivity contribution is 6.31. The number of tetrazole rings is 1. The molecule has 0 aliphatic rings. The van der Waals surface area contributed by atoms with Gasteiger partial charge in [-0.05, 0) is 48.3 Å². The van der Waals surface area contributed by atoms with Crippen molar-refractivity contribution in [3.63, 3.8) is 0 Å². The van der Waals surface area contributed by atoms with E-state index in [0.717, 1.165) is 10.6 Å². The molecule has 3 rings (SSSR count). The zero-order valence-corrected chi connectivity index (χ0v) is 13.1. The molecular weight excluding hydrogens is 302 g/mol. The molecule has 22 heavy (non-hydrogen) atoms. The molecule has 0 radical (unpaired) electrons. The SMILES string of the molecule is CN(C)[C@H](CNc1ccc2nnnn2n1)c1ccccc1Cl. The van der Waals surface area contributed by atoms with Crippen LogP contribution >= 0.6 is 11.6 Å². The number of halogens is 1. The third-order valence-electron chi connectivity index (χ3n) is 3.43. The van der Waals surface area contributed by atoms with E-state index in [-0.39, 0.29) is 6.04 Å². The number of nitrogens with zero attached hydrogens (tertiary/aromatic N) is 6. The van der Waals surface area contributed by atoms with E-state index in [1.807, 2.05) is 50.5 Å². The smallest absolute Gasteiger partial charge is 0.200 e. The van der Waals surface area contributed by atoms with Gasteiger partial charge >= 0.3 is 0 Å². The highest BCUT2D eigenvalue weighted by atomic mass is 35.5. The first-order chi connectivity index (χ1) is 10.6. The van der Waals surface area contributed by atoms with E-state index in [0.29, 0.717) is 18.0 Å². The van der Waals surface area contributed by atoms with E-state index in [1.54, 1.807) is 0 Å². The van der Waals surface area contributed by atoms with E-state index in [4.69, 9.17) is 11.6 Å². The Hall–Kier alpha value is -2.25. The number of hydrogen-bond acceptors (Lipinski definition) is 6. The van der Waals surface area contributed by atoms with E-state index in [2.05, 4.69) is 30.8 Å². The van der Waals surface area contributed by atoms with Crippen molar-refractivity contribution in [2.24, 2.45) is 0 Å². The number of fused-ring (bicyclic) bond motifs is 1. The molecule has 2 heterocycles. The summed E-state index contributed by atoms with van der Waals surface area (Å²) in [4.78, 5) is 2.11. The number of aromatic nitrogens is 5. The second kappa shape index (κ2) is 6.25. The van der Waals surface area contributed by atoms with Gasteiger partial charge < -0.3 is 10.2 Å². The highest BCUT2D eigenvalue weighted by Gasteiger charge is 2.17. The lowest BCUT2D eigenvalue weighted by atomic mass is 10.1. The molecule has 2 aromatic heterocycles. The lowest BCUT2D eigenvalue weighted by Crippen LogP contribution is -2.27. The van der Waals surface area contributed by atoms with Crippen molar-refractivity contribution in [3.8, 4) is 0 Å². The largest absolute Gasteiger partial charge is 0.367 e. The molecule has 1 atom stereocenters. The Morgan fingerprint density at radius 2 is 2.05 bits per heavy atom. The summed E-state index contributed by atoms with van der Waals surface area (Å²) in [6, 6.07) is 11.6. The quantitative estimate of drug-likeness (QED) is 0.775. The third-order valence-corrected chi connectivity index (χ3v) is 3.78. The minimum Gasteiger partial charge on any atom is -0.367 e. The second-order valence-corrected chi connectivity index (χ2v) is 5.53. The van der Waals surface area contributed by atoms with Gasteiger partial charge in [-0.15, -0.1) is 14.8 Å². The first-order valence-electron chi connectivity index (χ1n) is 6.85. The maximum absolute atomic E-state index is 6.31. The molecule has 8 heteroatoms. The van der Waals surface area contributed by atoms with Crippen LogP contribution in [0.3, 0.4) is 0 Å². The summed E-state index contributed by atoms with van der Waals surface area (Å²) >= 11 is 6.31. The van der Waals surface area contributed by atoms with Crippen LogP contribution in [-0.4, -0.2) is 50.8 Å². The maximum atomic E-state index is 6.31. The molecule has 0 saturated carbocycles. The van der Waals surface area contributed by atoms with Crippen molar-refractivity contribution in [2.75, 3.05) is 26.0 Å². The Labute approximate surface area is 132 Å². The van der Waals surface area contributed by atoms with Crippen molar-refractivity contribution in [1.82, 2.24) is 30.2 Å². The van der Waals surface area contributed by atoms with Crippen molar-refractivity contribution < 1.29 is 0 Å². The highest BCUT2D eigenvalue weighted by Crippen LogP contribution is 2.26. The van der Waals surface area contributed by atoms with Crippen LogP contribution in [0.1, 0.15) is 11.6 Å².